The largest absolute Gasteiger partial charge is 0.444 e. The summed E-state index contributed by atoms with van der Waals surface area (Å²) in [5.41, 5.74) is -0.502. The van der Waals surface area contributed by atoms with Crippen molar-refractivity contribution in [3.63, 3.8) is 0 Å². The van der Waals surface area contributed by atoms with Crippen LogP contribution in [-0.2, 0) is 9.53 Å². The van der Waals surface area contributed by atoms with E-state index in [-0.39, 0.29) is 12.0 Å². The number of aromatic amines is 1. The van der Waals surface area contributed by atoms with Crippen molar-refractivity contribution < 1.29 is 14.3 Å². The zero-order valence-electron chi connectivity index (χ0n) is 13.0. The van der Waals surface area contributed by atoms with Gasteiger partial charge in [0, 0.05) is 26.2 Å². The van der Waals surface area contributed by atoms with Gasteiger partial charge in [0.05, 0.1) is 5.75 Å². The van der Waals surface area contributed by atoms with E-state index in [0.29, 0.717) is 37.1 Å². The second kappa shape index (κ2) is 6.99. The van der Waals surface area contributed by atoms with Crippen LogP contribution >= 0.6 is 11.8 Å². The molecule has 9 heteroatoms. The van der Waals surface area contributed by atoms with Crippen LogP contribution in [0.4, 0.5) is 4.79 Å². The Morgan fingerprint density at radius 1 is 1.27 bits per heavy atom. The number of piperazine rings is 1. The van der Waals surface area contributed by atoms with E-state index in [0.717, 1.165) is 0 Å². The molecular formula is C13H21N5O3S. The molecule has 0 spiro atoms. The lowest BCUT2D eigenvalue weighted by atomic mass is 10.2. The minimum atomic E-state index is -0.502. The average molecular weight is 327 g/mol. The van der Waals surface area contributed by atoms with Crippen molar-refractivity contribution in [2.75, 3.05) is 31.9 Å². The molecule has 1 N–H and O–H groups in total. The Morgan fingerprint density at radius 3 is 2.45 bits per heavy atom. The first kappa shape index (κ1) is 16.6. The van der Waals surface area contributed by atoms with E-state index >= 15 is 0 Å². The van der Waals surface area contributed by atoms with Gasteiger partial charge < -0.3 is 14.5 Å². The first-order valence-corrected chi connectivity index (χ1v) is 8.07. The number of carbonyl (C=O) groups is 2. The Balaban J connectivity index is 1.74. The summed E-state index contributed by atoms with van der Waals surface area (Å²) in [6.07, 6.45) is 1.09. The number of nitrogens with one attached hydrogen (secondary N) is 1. The molecule has 1 aliphatic rings. The predicted octanol–water partition coefficient (Wildman–Crippen LogP) is 0.976. The number of hydrogen-bond donors (Lipinski definition) is 1. The van der Waals surface area contributed by atoms with Crippen molar-refractivity contribution in [2.24, 2.45) is 0 Å². The van der Waals surface area contributed by atoms with E-state index in [2.05, 4.69) is 15.2 Å². The van der Waals surface area contributed by atoms with Gasteiger partial charge in [0.2, 0.25) is 5.91 Å². The average Bonchev–Trinajstić information content (AvgIpc) is 2.96. The van der Waals surface area contributed by atoms with Gasteiger partial charge in [0.25, 0.3) is 0 Å². The number of carbonyl (C=O) groups excluding carboxylic acids is 2. The standard InChI is InChI=1S/C13H21N5O3S/c1-13(2,3)21-12(20)18-6-4-17(5-7-18)10(19)8-22-11-14-9-15-16-11/h9H,4-8H2,1-3H3,(H,14,15,16). The fourth-order valence-electron chi connectivity index (χ4n) is 1.95. The van der Waals surface area contributed by atoms with E-state index in [9.17, 15) is 9.59 Å². The Bertz CT molecular complexity index is 506. The van der Waals surface area contributed by atoms with Crippen molar-refractivity contribution in [1.82, 2.24) is 25.0 Å². The monoisotopic (exact) mass is 327 g/mol. The highest BCUT2D eigenvalue weighted by Gasteiger charge is 2.27. The summed E-state index contributed by atoms with van der Waals surface area (Å²) >= 11 is 1.32. The van der Waals surface area contributed by atoms with Crippen LogP contribution in [-0.4, -0.2) is 74.5 Å². The van der Waals surface area contributed by atoms with E-state index in [4.69, 9.17) is 4.74 Å². The SMILES string of the molecule is CC(C)(C)OC(=O)N1CCN(C(=O)CSc2ncn[nH]2)CC1. The fraction of sp³-hybridized carbons (Fsp3) is 0.692. The van der Waals surface area contributed by atoms with Crippen molar-refractivity contribution in [3.8, 4) is 0 Å². The minimum Gasteiger partial charge on any atom is -0.444 e. The van der Waals surface area contributed by atoms with E-state index < -0.39 is 5.60 Å². The lowest BCUT2D eigenvalue weighted by Crippen LogP contribution is -2.52. The molecule has 122 valence electrons. The normalized spacial score (nSPS) is 15.8. The summed E-state index contributed by atoms with van der Waals surface area (Å²) in [6, 6.07) is 0. The molecule has 0 atom stereocenters. The number of aromatic nitrogens is 3. The molecule has 2 amide bonds. The van der Waals surface area contributed by atoms with Crippen LogP contribution in [0.25, 0.3) is 0 Å². The highest BCUT2D eigenvalue weighted by molar-refractivity contribution is 7.99. The first-order chi connectivity index (χ1) is 10.3. The Kier molecular flexibility index (Phi) is 5.28. The molecule has 22 heavy (non-hydrogen) atoms. The lowest BCUT2D eigenvalue weighted by Gasteiger charge is -2.35. The minimum absolute atomic E-state index is 0.0326. The van der Waals surface area contributed by atoms with Crippen LogP contribution < -0.4 is 0 Å². The molecule has 0 aromatic carbocycles. The number of hydrogen-bond acceptors (Lipinski definition) is 6. The molecule has 1 aliphatic heterocycles. The molecule has 0 aliphatic carbocycles. The second-order valence-corrected chi connectivity index (χ2v) is 6.89. The number of H-pyrrole nitrogens is 1. The van der Waals surface area contributed by atoms with Gasteiger partial charge in [-0.3, -0.25) is 9.89 Å². The van der Waals surface area contributed by atoms with Crippen LogP contribution in [0.1, 0.15) is 20.8 Å². The summed E-state index contributed by atoms with van der Waals surface area (Å²) in [7, 11) is 0. The van der Waals surface area contributed by atoms with E-state index in [1.807, 2.05) is 20.8 Å². The van der Waals surface area contributed by atoms with Gasteiger partial charge in [-0.05, 0) is 20.8 Å². The van der Waals surface area contributed by atoms with Crippen LogP contribution in [0.5, 0.6) is 0 Å². The highest BCUT2D eigenvalue weighted by atomic mass is 32.2. The Labute approximate surface area is 133 Å². The zero-order chi connectivity index (χ0) is 16.2. The number of rotatable bonds is 3. The molecule has 0 bridgehead atoms. The molecule has 8 nitrogen and oxygen atoms in total. The van der Waals surface area contributed by atoms with Crippen molar-refractivity contribution in [3.05, 3.63) is 6.33 Å². The molecule has 1 fully saturated rings. The fourth-order valence-corrected chi connectivity index (χ4v) is 2.63. The first-order valence-electron chi connectivity index (χ1n) is 7.09. The maximum absolute atomic E-state index is 12.1. The summed E-state index contributed by atoms with van der Waals surface area (Å²) in [5.74, 6) is 0.340. The molecule has 1 aromatic rings. The zero-order valence-corrected chi connectivity index (χ0v) is 13.9. The van der Waals surface area contributed by atoms with Crippen molar-refractivity contribution >= 4 is 23.8 Å². The molecule has 1 aromatic heterocycles. The van der Waals surface area contributed by atoms with Gasteiger partial charge in [-0.1, -0.05) is 11.8 Å². The summed E-state index contributed by atoms with van der Waals surface area (Å²) in [5, 5.41) is 7.06. The van der Waals surface area contributed by atoms with Gasteiger partial charge in [-0.15, -0.1) is 0 Å². The molecule has 2 heterocycles. The number of amides is 2. The van der Waals surface area contributed by atoms with Crippen LogP contribution in [0.15, 0.2) is 11.5 Å². The van der Waals surface area contributed by atoms with Crippen LogP contribution in [0.2, 0.25) is 0 Å². The highest BCUT2D eigenvalue weighted by Crippen LogP contribution is 2.14. The molecular weight excluding hydrogens is 306 g/mol. The van der Waals surface area contributed by atoms with E-state index in [1.54, 1.807) is 9.80 Å². The molecule has 1 saturated heterocycles. The maximum Gasteiger partial charge on any atom is 0.410 e. The quantitative estimate of drug-likeness (QED) is 0.832. The number of nitrogens with zero attached hydrogens (tertiary/aromatic N) is 4. The third-order valence-electron chi connectivity index (χ3n) is 3.01. The third-order valence-corrected chi connectivity index (χ3v) is 3.87. The van der Waals surface area contributed by atoms with Gasteiger partial charge >= 0.3 is 6.09 Å². The van der Waals surface area contributed by atoms with Gasteiger partial charge in [-0.25, -0.2) is 9.78 Å². The maximum atomic E-state index is 12.1. The third kappa shape index (κ3) is 4.90. The lowest BCUT2D eigenvalue weighted by molar-refractivity contribution is -0.130. The summed E-state index contributed by atoms with van der Waals surface area (Å²) in [4.78, 5) is 31.4. The molecule has 2 rings (SSSR count). The summed E-state index contributed by atoms with van der Waals surface area (Å²) in [6.45, 7) is 7.55. The number of ether oxygens (including phenoxy) is 1. The van der Waals surface area contributed by atoms with E-state index in [1.165, 1.54) is 18.1 Å². The van der Waals surface area contributed by atoms with Crippen LogP contribution in [0, 0.1) is 0 Å². The molecule has 0 radical (unpaired) electrons. The second-order valence-electron chi connectivity index (χ2n) is 5.93. The van der Waals surface area contributed by atoms with Crippen LogP contribution in [0.3, 0.4) is 0 Å². The van der Waals surface area contributed by atoms with Gasteiger partial charge in [0.1, 0.15) is 11.9 Å². The topological polar surface area (TPSA) is 91.4 Å². The predicted molar refractivity (Wildman–Crippen MR) is 81.5 cm³/mol. The van der Waals surface area contributed by atoms with Gasteiger partial charge in [-0.2, -0.15) is 5.10 Å². The Hall–Kier alpha value is -1.77. The Morgan fingerprint density at radius 2 is 1.91 bits per heavy atom. The smallest absolute Gasteiger partial charge is 0.410 e. The van der Waals surface area contributed by atoms with Crippen molar-refractivity contribution in [1.29, 1.82) is 0 Å². The number of thioether (sulfide) groups is 1. The molecule has 0 unspecified atom stereocenters. The summed E-state index contributed by atoms with van der Waals surface area (Å²) < 4.78 is 5.33. The van der Waals surface area contributed by atoms with Crippen molar-refractivity contribution in [2.45, 2.75) is 31.5 Å². The van der Waals surface area contributed by atoms with Gasteiger partial charge in [0.15, 0.2) is 5.16 Å². The molecule has 0 saturated carbocycles.